The second-order valence-corrected chi connectivity index (χ2v) is 4.63. The van der Waals surface area contributed by atoms with Crippen LogP contribution < -0.4 is 11.2 Å². The van der Waals surface area contributed by atoms with Crippen molar-refractivity contribution >= 4 is 23.1 Å². The first kappa shape index (κ1) is 14.7. The molecule has 0 radical (unpaired) electrons. The van der Waals surface area contributed by atoms with Gasteiger partial charge in [0.2, 0.25) is 0 Å². The van der Waals surface area contributed by atoms with Gasteiger partial charge in [-0.1, -0.05) is 31.9 Å². The summed E-state index contributed by atoms with van der Waals surface area (Å²) >= 11 is 5.46. The fourth-order valence-corrected chi connectivity index (χ4v) is 2.03. The summed E-state index contributed by atoms with van der Waals surface area (Å²) in [6.07, 6.45) is 2.06. The molecule has 1 aromatic heterocycles. The summed E-state index contributed by atoms with van der Waals surface area (Å²) in [6.45, 7) is 6.30. The van der Waals surface area contributed by atoms with E-state index in [9.17, 15) is 9.59 Å². The summed E-state index contributed by atoms with van der Waals surface area (Å²) in [4.78, 5) is 29.5. The van der Waals surface area contributed by atoms with Crippen LogP contribution in [0, 0.1) is 12.8 Å². The molecule has 1 aromatic rings. The molecule has 0 aliphatic heterocycles. The first-order chi connectivity index (χ1) is 8.51. The topological polar surface area (TPSA) is 67.2 Å². The first-order valence-corrected chi connectivity index (χ1v) is 6.41. The Hall–Kier alpha value is -1.36. The summed E-state index contributed by atoms with van der Waals surface area (Å²) in [6, 6.07) is 0. The second kappa shape index (κ2) is 6.54. The largest absolute Gasteiger partial charge is 0.329 e. The summed E-state index contributed by atoms with van der Waals surface area (Å²) in [5.74, 6) is 0.670. The quantitative estimate of drug-likeness (QED) is 0.834. The van der Waals surface area contributed by atoms with Gasteiger partial charge in [0.15, 0.2) is 0 Å². The minimum atomic E-state index is -0.439. The van der Waals surface area contributed by atoms with E-state index in [2.05, 4.69) is 23.8 Å². The highest BCUT2D eigenvalue weighted by atomic mass is 35.5. The molecule has 18 heavy (non-hydrogen) atoms. The number of nitrogens with zero attached hydrogens (tertiary/aromatic N) is 2. The minimum Gasteiger partial charge on any atom is -0.278 e. The molecule has 0 spiro atoms. The predicted octanol–water partition coefficient (Wildman–Crippen LogP) is 2.18. The van der Waals surface area contributed by atoms with Gasteiger partial charge in [0, 0.05) is 6.54 Å². The van der Waals surface area contributed by atoms with Crippen molar-refractivity contribution in [3.05, 3.63) is 26.4 Å². The fourth-order valence-electron chi connectivity index (χ4n) is 1.94. The van der Waals surface area contributed by atoms with Crippen LogP contribution in [-0.2, 0) is 6.54 Å². The standard InChI is InChI=1S/C12H18ClN3O2/c1-4-5-8(2)6-16-10(14-7-13)9(3)11(17)15-12(16)18/h7-8H,4-6H2,1-3H3,(H,15,17,18). The zero-order valence-electron chi connectivity index (χ0n) is 10.9. The van der Waals surface area contributed by atoms with Gasteiger partial charge in [-0.25, -0.2) is 9.79 Å². The van der Waals surface area contributed by atoms with Gasteiger partial charge in [0.25, 0.3) is 5.56 Å². The Morgan fingerprint density at radius 2 is 2.17 bits per heavy atom. The van der Waals surface area contributed by atoms with Crippen LogP contribution in [0.2, 0.25) is 0 Å². The molecular formula is C12H18ClN3O2. The Labute approximate surface area is 111 Å². The third-order valence-electron chi connectivity index (χ3n) is 2.84. The summed E-state index contributed by atoms with van der Waals surface area (Å²) < 4.78 is 1.47. The number of nitrogens with one attached hydrogen (secondary N) is 1. The smallest absolute Gasteiger partial charge is 0.278 e. The van der Waals surface area contributed by atoms with Gasteiger partial charge in [-0.15, -0.1) is 0 Å². The van der Waals surface area contributed by atoms with E-state index in [0.29, 0.717) is 23.8 Å². The van der Waals surface area contributed by atoms with E-state index in [4.69, 9.17) is 11.6 Å². The highest BCUT2D eigenvalue weighted by molar-refractivity contribution is 6.56. The Bertz CT molecular complexity index is 545. The molecule has 0 saturated carbocycles. The lowest BCUT2D eigenvalue weighted by Gasteiger charge is -2.15. The molecule has 0 aromatic carbocycles. The van der Waals surface area contributed by atoms with Crippen molar-refractivity contribution in [2.75, 3.05) is 0 Å². The fraction of sp³-hybridized carbons (Fsp3) is 0.583. The van der Waals surface area contributed by atoms with E-state index in [1.54, 1.807) is 6.92 Å². The van der Waals surface area contributed by atoms with Gasteiger partial charge in [-0.3, -0.25) is 14.3 Å². The zero-order valence-corrected chi connectivity index (χ0v) is 11.6. The van der Waals surface area contributed by atoms with Crippen molar-refractivity contribution in [3.63, 3.8) is 0 Å². The first-order valence-electron chi connectivity index (χ1n) is 5.97. The Morgan fingerprint density at radius 3 is 2.72 bits per heavy atom. The highest BCUT2D eigenvalue weighted by Crippen LogP contribution is 2.16. The molecule has 5 nitrogen and oxygen atoms in total. The van der Waals surface area contributed by atoms with E-state index >= 15 is 0 Å². The van der Waals surface area contributed by atoms with Gasteiger partial charge < -0.3 is 0 Å². The van der Waals surface area contributed by atoms with Crippen LogP contribution in [0.1, 0.15) is 32.3 Å². The lowest BCUT2D eigenvalue weighted by atomic mass is 10.1. The number of hydrogen-bond acceptors (Lipinski definition) is 3. The monoisotopic (exact) mass is 271 g/mol. The number of aromatic amines is 1. The summed E-state index contributed by atoms with van der Waals surface area (Å²) in [7, 11) is 0. The lowest BCUT2D eigenvalue weighted by Crippen LogP contribution is -2.32. The Balaban J connectivity index is 3.29. The number of H-pyrrole nitrogens is 1. The van der Waals surface area contributed by atoms with Crippen molar-refractivity contribution in [1.29, 1.82) is 0 Å². The molecule has 1 heterocycles. The maximum atomic E-state index is 11.8. The molecule has 1 rings (SSSR count). The van der Waals surface area contributed by atoms with E-state index < -0.39 is 11.2 Å². The average molecular weight is 272 g/mol. The molecule has 0 aliphatic carbocycles. The van der Waals surface area contributed by atoms with Crippen molar-refractivity contribution in [2.24, 2.45) is 10.9 Å². The van der Waals surface area contributed by atoms with Crippen molar-refractivity contribution in [3.8, 4) is 0 Å². The van der Waals surface area contributed by atoms with Crippen LogP contribution in [0.15, 0.2) is 14.6 Å². The van der Waals surface area contributed by atoms with Gasteiger partial charge in [0.1, 0.15) is 5.82 Å². The number of hydrogen-bond donors (Lipinski definition) is 1. The summed E-state index contributed by atoms with van der Waals surface area (Å²) in [5, 5.41) is 0. The van der Waals surface area contributed by atoms with Gasteiger partial charge in [-0.2, -0.15) is 0 Å². The average Bonchev–Trinajstić information content (AvgIpc) is 2.31. The Morgan fingerprint density at radius 1 is 1.50 bits per heavy atom. The molecular weight excluding hydrogens is 254 g/mol. The molecule has 1 unspecified atom stereocenters. The molecule has 6 heteroatoms. The van der Waals surface area contributed by atoms with Crippen LogP contribution in [0.5, 0.6) is 0 Å². The van der Waals surface area contributed by atoms with E-state index in [1.807, 2.05) is 0 Å². The van der Waals surface area contributed by atoms with Crippen molar-refractivity contribution in [2.45, 2.75) is 40.2 Å². The normalized spacial score (nSPS) is 13.1. The number of aromatic nitrogens is 2. The van der Waals surface area contributed by atoms with Crippen molar-refractivity contribution < 1.29 is 0 Å². The maximum absolute atomic E-state index is 11.8. The lowest BCUT2D eigenvalue weighted by molar-refractivity contribution is 0.435. The second-order valence-electron chi connectivity index (χ2n) is 4.44. The molecule has 1 atom stereocenters. The predicted molar refractivity (Wildman–Crippen MR) is 74.1 cm³/mol. The third-order valence-corrected chi connectivity index (χ3v) is 2.94. The van der Waals surface area contributed by atoms with Gasteiger partial charge in [0.05, 0.1) is 11.2 Å². The van der Waals surface area contributed by atoms with E-state index in [0.717, 1.165) is 18.5 Å². The number of halogens is 1. The van der Waals surface area contributed by atoms with Crippen LogP contribution in [-0.4, -0.2) is 15.2 Å². The minimum absolute atomic E-state index is 0.335. The SMILES string of the molecule is CCCC(C)Cn1c(N=CCl)c(C)c(=O)[nH]c1=O. The van der Waals surface area contributed by atoms with Gasteiger partial charge >= 0.3 is 5.69 Å². The maximum Gasteiger partial charge on any atom is 0.329 e. The Kier molecular flexibility index (Phi) is 5.34. The highest BCUT2D eigenvalue weighted by Gasteiger charge is 2.12. The molecule has 0 aliphatic rings. The third kappa shape index (κ3) is 3.32. The van der Waals surface area contributed by atoms with Crippen LogP contribution in [0.25, 0.3) is 0 Å². The molecule has 0 amide bonds. The molecule has 100 valence electrons. The van der Waals surface area contributed by atoms with Crippen LogP contribution in [0.4, 0.5) is 5.82 Å². The zero-order chi connectivity index (χ0) is 13.7. The molecule has 1 N–H and O–H groups in total. The molecule has 0 bridgehead atoms. The number of rotatable bonds is 5. The van der Waals surface area contributed by atoms with Gasteiger partial charge in [-0.05, 0) is 19.3 Å². The molecule has 0 saturated heterocycles. The van der Waals surface area contributed by atoms with Crippen molar-refractivity contribution in [1.82, 2.24) is 9.55 Å². The summed E-state index contributed by atoms with van der Waals surface area (Å²) in [5.41, 5.74) is 0.611. The van der Waals surface area contributed by atoms with Crippen LogP contribution in [0.3, 0.4) is 0 Å². The van der Waals surface area contributed by atoms with Crippen LogP contribution >= 0.6 is 11.6 Å². The molecule has 0 fully saturated rings. The van der Waals surface area contributed by atoms with E-state index in [1.165, 1.54) is 4.57 Å². The van der Waals surface area contributed by atoms with E-state index in [-0.39, 0.29) is 0 Å². The number of aliphatic imine (C=N–C) groups is 1.